The minimum absolute atomic E-state index is 0.323. The zero-order valence-corrected chi connectivity index (χ0v) is 15.5. The first-order valence-electron chi connectivity index (χ1n) is 10.0. The van der Waals surface area contributed by atoms with Crippen LogP contribution >= 0.6 is 0 Å². The first kappa shape index (κ1) is 21.9. The van der Waals surface area contributed by atoms with Crippen molar-refractivity contribution in [2.24, 2.45) is 0 Å². The second-order valence-corrected chi connectivity index (χ2v) is 6.87. The molecule has 0 aliphatic carbocycles. The highest BCUT2D eigenvalue weighted by Crippen LogP contribution is 2.13. The van der Waals surface area contributed by atoms with E-state index in [2.05, 4.69) is 6.92 Å². The average molecular weight is 315 g/mol. The van der Waals surface area contributed by atoms with Gasteiger partial charge in [-0.1, -0.05) is 96.8 Å². The Balaban J connectivity index is 2.94. The maximum atomic E-state index is 9.05. The molecular formula is C20H42O2. The minimum Gasteiger partial charge on any atom is -0.391 e. The maximum absolute atomic E-state index is 9.05. The smallest absolute Gasteiger partial charge is 0.0745 e. The van der Waals surface area contributed by atoms with Gasteiger partial charge in [0.15, 0.2) is 0 Å². The molecule has 0 radical (unpaired) electrons. The Morgan fingerprint density at radius 3 is 1.36 bits per heavy atom. The summed E-state index contributed by atoms with van der Waals surface area (Å²) < 4.78 is 5.36. The Kier molecular flexibility index (Phi) is 18.9. The first-order valence-corrected chi connectivity index (χ1v) is 10.0. The molecule has 0 aromatic rings. The molecule has 22 heavy (non-hydrogen) atoms. The summed E-state index contributed by atoms with van der Waals surface area (Å²) in [6.07, 6.45) is 20.6. The van der Waals surface area contributed by atoms with Gasteiger partial charge in [0.25, 0.3) is 0 Å². The van der Waals surface area contributed by atoms with Gasteiger partial charge < -0.3 is 9.84 Å². The molecule has 0 amide bonds. The monoisotopic (exact) mass is 314 g/mol. The molecule has 0 spiro atoms. The van der Waals surface area contributed by atoms with Gasteiger partial charge in [-0.3, -0.25) is 0 Å². The van der Waals surface area contributed by atoms with Crippen LogP contribution in [0.3, 0.4) is 0 Å². The van der Waals surface area contributed by atoms with E-state index in [0.29, 0.717) is 6.61 Å². The molecule has 1 atom stereocenters. The fourth-order valence-corrected chi connectivity index (χ4v) is 2.83. The number of rotatable bonds is 18. The predicted molar refractivity (Wildman–Crippen MR) is 97.4 cm³/mol. The highest BCUT2D eigenvalue weighted by atomic mass is 16.5. The average Bonchev–Trinajstić information content (AvgIpc) is 2.50. The molecule has 0 rings (SSSR count). The van der Waals surface area contributed by atoms with Crippen LogP contribution in [0.2, 0.25) is 0 Å². The van der Waals surface area contributed by atoms with Crippen LogP contribution in [0.5, 0.6) is 0 Å². The van der Waals surface area contributed by atoms with E-state index in [9.17, 15) is 0 Å². The molecule has 0 saturated heterocycles. The van der Waals surface area contributed by atoms with Crippen LogP contribution in [0.4, 0.5) is 0 Å². The quantitative estimate of drug-likeness (QED) is 0.303. The van der Waals surface area contributed by atoms with Crippen LogP contribution in [-0.2, 0) is 4.74 Å². The van der Waals surface area contributed by atoms with Gasteiger partial charge in [-0.25, -0.2) is 0 Å². The molecule has 0 aromatic heterocycles. The minimum atomic E-state index is -0.323. The van der Waals surface area contributed by atoms with E-state index in [4.69, 9.17) is 9.84 Å². The van der Waals surface area contributed by atoms with Crippen molar-refractivity contribution in [1.82, 2.24) is 0 Å². The van der Waals surface area contributed by atoms with Crippen molar-refractivity contribution in [1.29, 1.82) is 0 Å². The van der Waals surface area contributed by atoms with Crippen molar-refractivity contribution < 1.29 is 9.84 Å². The highest BCUT2D eigenvalue weighted by Gasteiger charge is 1.96. The predicted octanol–water partition coefficient (Wildman–Crippen LogP) is 6.26. The van der Waals surface area contributed by atoms with Crippen LogP contribution < -0.4 is 0 Å². The zero-order valence-electron chi connectivity index (χ0n) is 15.5. The van der Waals surface area contributed by atoms with Crippen LogP contribution in [0, 0.1) is 0 Å². The zero-order chi connectivity index (χ0) is 16.3. The van der Waals surface area contributed by atoms with Crippen molar-refractivity contribution in [3.63, 3.8) is 0 Å². The van der Waals surface area contributed by atoms with Crippen LogP contribution in [0.25, 0.3) is 0 Å². The Labute approximate surface area is 140 Å². The Morgan fingerprint density at radius 1 is 0.636 bits per heavy atom. The summed E-state index contributed by atoms with van der Waals surface area (Å²) in [6, 6.07) is 0. The van der Waals surface area contributed by atoms with Gasteiger partial charge in [0.05, 0.1) is 12.7 Å². The number of aliphatic hydroxyl groups is 1. The van der Waals surface area contributed by atoms with Crippen molar-refractivity contribution in [3.8, 4) is 0 Å². The standard InChI is InChI=1S/C20H42O2/c1-3-4-5-6-7-8-9-10-11-12-13-14-15-16-17-18-22-19-20(2)21/h20-21H,3-19H2,1-2H3. The molecule has 0 fully saturated rings. The Bertz CT molecular complexity index is 192. The second kappa shape index (κ2) is 19.0. The van der Waals surface area contributed by atoms with E-state index in [-0.39, 0.29) is 6.10 Å². The molecule has 0 heterocycles. The SMILES string of the molecule is CCCCCCCCCCCCCCCCCOCC(C)O. The molecule has 2 heteroatoms. The topological polar surface area (TPSA) is 29.5 Å². The maximum Gasteiger partial charge on any atom is 0.0745 e. The third-order valence-corrected chi connectivity index (χ3v) is 4.25. The molecule has 2 nitrogen and oxygen atoms in total. The molecule has 0 saturated carbocycles. The van der Waals surface area contributed by atoms with Crippen LogP contribution in [-0.4, -0.2) is 24.4 Å². The first-order chi connectivity index (χ1) is 10.8. The van der Waals surface area contributed by atoms with Gasteiger partial charge in [0.1, 0.15) is 0 Å². The van der Waals surface area contributed by atoms with Crippen LogP contribution in [0.15, 0.2) is 0 Å². The van der Waals surface area contributed by atoms with Gasteiger partial charge in [0.2, 0.25) is 0 Å². The summed E-state index contributed by atoms with van der Waals surface area (Å²) in [5.41, 5.74) is 0. The van der Waals surface area contributed by atoms with Crippen LogP contribution in [0.1, 0.15) is 110 Å². The van der Waals surface area contributed by atoms with E-state index < -0.39 is 0 Å². The third-order valence-electron chi connectivity index (χ3n) is 4.25. The fourth-order valence-electron chi connectivity index (χ4n) is 2.83. The number of hydrogen-bond acceptors (Lipinski definition) is 2. The normalized spacial score (nSPS) is 12.7. The van der Waals surface area contributed by atoms with E-state index in [1.807, 2.05) is 0 Å². The summed E-state index contributed by atoms with van der Waals surface area (Å²) in [4.78, 5) is 0. The Morgan fingerprint density at radius 2 is 1.00 bits per heavy atom. The third kappa shape index (κ3) is 19.9. The molecule has 0 bridgehead atoms. The van der Waals surface area contributed by atoms with E-state index in [1.165, 1.54) is 89.9 Å². The largest absolute Gasteiger partial charge is 0.391 e. The van der Waals surface area contributed by atoms with E-state index in [1.54, 1.807) is 6.92 Å². The Hall–Kier alpha value is -0.0800. The summed E-state index contributed by atoms with van der Waals surface area (Å²) in [6.45, 7) is 5.35. The van der Waals surface area contributed by atoms with E-state index >= 15 is 0 Å². The summed E-state index contributed by atoms with van der Waals surface area (Å²) in [5.74, 6) is 0. The lowest BCUT2D eigenvalue weighted by molar-refractivity contribution is 0.0445. The number of unbranched alkanes of at least 4 members (excludes halogenated alkanes) is 14. The van der Waals surface area contributed by atoms with Gasteiger partial charge in [-0.15, -0.1) is 0 Å². The van der Waals surface area contributed by atoms with Gasteiger partial charge in [-0.2, -0.15) is 0 Å². The van der Waals surface area contributed by atoms with Crippen molar-refractivity contribution >= 4 is 0 Å². The molecule has 0 aliphatic rings. The number of hydrogen-bond donors (Lipinski definition) is 1. The second-order valence-electron chi connectivity index (χ2n) is 6.87. The van der Waals surface area contributed by atoms with Gasteiger partial charge in [0, 0.05) is 6.61 Å². The molecule has 0 aromatic carbocycles. The number of ether oxygens (including phenoxy) is 1. The molecule has 134 valence electrons. The van der Waals surface area contributed by atoms with Gasteiger partial charge in [-0.05, 0) is 13.3 Å². The summed E-state index contributed by atoms with van der Waals surface area (Å²) in [7, 11) is 0. The fraction of sp³-hybridized carbons (Fsp3) is 1.00. The molecular weight excluding hydrogens is 272 g/mol. The highest BCUT2D eigenvalue weighted by molar-refractivity contribution is 4.50. The lowest BCUT2D eigenvalue weighted by Gasteiger charge is -2.06. The van der Waals surface area contributed by atoms with Crippen molar-refractivity contribution in [3.05, 3.63) is 0 Å². The molecule has 1 unspecified atom stereocenters. The lowest BCUT2D eigenvalue weighted by Crippen LogP contribution is -2.10. The van der Waals surface area contributed by atoms with Crippen molar-refractivity contribution in [2.75, 3.05) is 13.2 Å². The van der Waals surface area contributed by atoms with Gasteiger partial charge >= 0.3 is 0 Å². The molecule has 1 N–H and O–H groups in total. The summed E-state index contributed by atoms with van der Waals surface area (Å²) >= 11 is 0. The molecule has 0 aliphatic heterocycles. The summed E-state index contributed by atoms with van der Waals surface area (Å²) in [5, 5.41) is 9.05. The van der Waals surface area contributed by atoms with E-state index in [0.717, 1.165) is 13.0 Å². The number of aliphatic hydroxyl groups excluding tert-OH is 1. The van der Waals surface area contributed by atoms with Crippen molar-refractivity contribution in [2.45, 2.75) is 116 Å². The lowest BCUT2D eigenvalue weighted by atomic mass is 10.0.